The standard InChI is InChI=1S/C23H34N2O3/c1-5-25(18(4)26)20-15-21(19-9-7-6-8-10-19)28-23(16-20)11-13-24(14-12-23)22(27)17(2)3/h6-10,17,20-21H,5,11-16H2,1-4H3/t20-,21-/m0/s1. The van der Waals surface area contributed by atoms with Crippen molar-refractivity contribution >= 4 is 11.8 Å². The summed E-state index contributed by atoms with van der Waals surface area (Å²) >= 11 is 0. The van der Waals surface area contributed by atoms with Gasteiger partial charge in [0.15, 0.2) is 0 Å². The lowest BCUT2D eigenvalue weighted by Gasteiger charge is -2.51. The fraction of sp³-hybridized carbons (Fsp3) is 0.652. The molecule has 0 saturated carbocycles. The first-order valence-corrected chi connectivity index (χ1v) is 10.6. The van der Waals surface area contributed by atoms with Gasteiger partial charge in [0.25, 0.3) is 0 Å². The number of hydrogen-bond acceptors (Lipinski definition) is 3. The van der Waals surface area contributed by atoms with Gasteiger partial charge < -0.3 is 14.5 Å². The minimum Gasteiger partial charge on any atom is -0.367 e. The van der Waals surface area contributed by atoms with Gasteiger partial charge in [-0.25, -0.2) is 0 Å². The van der Waals surface area contributed by atoms with Crippen molar-refractivity contribution in [3.05, 3.63) is 35.9 Å². The van der Waals surface area contributed by atoms with Crippen molar-refractivity contribution in [1.29, 1.82) is 0 Å². The third-order valence-corrected chi connectivity index (χ3v) is 6.32. The number of amides is 2. The summed E-state index contributed by atoms with van der Waals surface area (Å²) in [7, 11) is 0. The molecule has 1 spiro atoms. The molecule has 2 atom stereocenters. The Bertz CT molecular complexity index is 680. The van der Waals surface area contributed by atoms with Gasteiger partial charge in [-0.2, -0.15) is 0 Å². The Morgan fingerprint density at radius 3 is 2.39 bits per heavy atom. The number of likely N-dealkylation sites (tertiary alicyclic amines) is 1. The lowest BCUT2D eigenvalue weighted by atomic mass is 9.79. The second-order valence-corrected chi connectivity index (χ2v) is 8.58. The zero-order valence-electron chi connectivity index (χ0n) is 17.7. The van der Waals surface area contributed by atoms with Crippen LogP contribution >= 0.6 is 0 Å². The molecule has 0 bridgehead atoms. The first-order chi connectivity index (χ1) is 13.3. The largest absolute Gasteiger partial charge is 0.367 e. The zero-order chi connectivity index (χ0) is 20.3. The summed E-state index contributed by atoms with van der Waals surface area (Å²) in [6.07, 6.45) is 3.34. The molecule has 0 unspecified atom stereocenters. The first-order valence-electron chi connectivity index (χ1n) is 10.6. The molecule has 28 heavy (non-hydrogen) atoms. The van der Waals surface area contributed by atoms with Gasteiger partial charge in [-0.1, -0.05) is 44.2 Å². The highest BCUT2D eigenvalue weighted by Gasteiger charge is 2.46. The molecular formula is C23H34N2O3. The van der Waals surface area contributed by atoms with Crippen LogP contribution in [0.1, 0.15) is 65.0 Å². The molecule has 0 N–H and O–H groups in total. The molecule has 2 heterocycles. The maximum absolute atomic E-state index is 12.4. The fourth-order valence-electron chi connectivity index (χ4n) is 4.83. The number of benzene rings is 1. The van der Waals surface area contributed by atoms with Crippen LogP contribution in [0.2, 0.25) is 0 Å². The van der Waals surface area contributed by atoms with E-state index in [9.17, 15) is 9.59 Å². The maximum Gasteiger partial charge on any atom is 0.225 e. The van der Waals surface area contributed by atoms with Gasteiger partial charge in [-0.05, 0) is 38.2 Å². The van der Waals surface area contributed by atoms with Crippen molar-refractivity contribution < 1.29 is 14.3 Å². The Morgan fingerprint density at radius 1 is 1.21 bits per heavy atom. The summed E-state index contributed by atoms with van der Waals surface area (Å²) < 4.78 is 6.72. The molecule has 2 amide bonds. The number of hydrogen-bond donors (Lipinski definition) is 0. The molecule has 1 aromatic rings. The van der Waals surface area contributed by atoms with Crippen LogP contribution in [0, 0.1) is 5.92 Å². The molecule has 5 nitrogen and oxygen atoms in total. The summed E-state index contributed by atoms with van der Waals surface area (Å²) in [4.78, 5) is 28.6. The van der Waals surface area contributed by atoms with Gasteiger partial charge in [0.1, 0.15) is 0 Å². The first kappa shape index (κ1) is 20.8. The number of ether oxygens (including phenoxy) is 1. The van der Waals surface area contributed by atoms with Gasteiger partial charge in [0.05, 0.1) is 11.7 Å². The van der Waals surface area contributed by atoms with Crippen molar-refractivity contribution in [1.82, 2.24) is 9.80 Å². The van der Waals surface area contributed by atoms with E-state index in [2.05, 4.69) is 12.1 Å². The van der Waals surface area contributed by atoms with E-state index in [-0.39, 0.29) is 35.5 Å². The second kappa shape index (κ2) is 8.64. The summed E-state index contributed by atoms with van der Waals surface area (Å²) in [5, 5.41) is 0. The van der Waals surface area contributed by atoms with E-state index in [1.807, 2.05) is 48.8 Å². The van der Waals surface area contributed by atoms with Crippen molar-refractivity contribution in [3.63, 3.8) is 0 Å². The van der Waals surface area contributed by atoms with Crippen LogP contribution < -0.4 is 0 Å². The van der Waals surface area contributed by atoms with Gasteiger partial charge in [-0.3, -0.25) is 9.59 Å². The molecular weight excluding hydrogens is 352 g/mol. The normalized spacial score (nSPS) is 24.4. The Hall–Kier alpha value is -1.88. The quantitative estimate of drug-likeness (QED) is 0.791. The minimum atomic E-state index is -0.264. The number of carbonyl (C=O) groups is 2. The highest BCUT2D eigenvalue weighted by molar-refractivity contribution is 5.78. The molecule has 0 aliphatic carbocycles. The van der Waals surface area contributed by atoms with Gasteiger partial charge >= 0.3 is 0 Å². The van der Waals surface area contributed by atoms with Crippen molar-refractivity contribution in [2.24, 2.45) is 5.92 Å². The fourth-order valence-corrected chi connectivity index (χ4v) is 4.83. The molecule has 2 fully saturated rings. The van der Waals surface area contributed by atoms with E-state index in [1.54, 1.807) is 6.92 Å². The third kappa shape index (κ3) is 4.40. The van der Waals surface area contributed by atoms with Crippen LogP contribution in [-0.2, 0) is 14.3 Å². The SMILES string of the molecule is CCN(C(C)=O)[C@H]1C[C@@H](c2ccccc2)OC2(CCN(C(=O)C(C)C)CC2)C1. The lowest BCUT2D eigenvalue weighted by molar-refractivity contribution is -0.180. The number of carbonyl (C=O) groups excluding carboxylic acids is 2. The van der Waals surface area contributed by atoms with Crippen LogP contribution in [0.5, 0.6) is 0 Å². The number of nitrogens with zero attached hydrogens (tertiary/aromatic N) is 2. The topological polar surface area (TPSA) is 49.9 Å². The van der Waals surface area contributed by atoms with E-state index in [4.69, 9.17) is 4.74 Å². The maximum atomic E-state index is 12.4. The van der Waals surface area contributed by atoms with Crippen LogP contribution in [0.15, 0.2) is 30.3 Å². The molecule has 0 aromatic heterocycles. The Labute approximate surface area is 169 Å². The minimum absolute atomic E-state index is 0.0132. The summed E-state index contributed by atoms with van der Waals surface area (Å²) in [5.41, 5.74) is 0.909. The smallest absolute Gasteiger partial charge is 0.225 e. The average molecular weight is 387 g/mol. The molecule has 5 heteroatoms. The van der Waals surface area contributed by atoms with Crippen molar-refractivity contribution in [2.45, 2.75) is 71.1 Å². The average Bonchev–Trinajstić information content (AvgIpc) is 2.68. The van der Waals surface area contributed by atoms with Crippen molar-refractivity contribution in [3.8, 4) is 0 Å². The van der Waals surface area contributed by atoms with Gasteiger partial charge in [0.2, 0.25) is 11.8 Å². The van der Waals surface area contributed by atoms with Gasteiger partial charge in [0, 0.05) is 38.5 Å². The molecule has 0 radical (unpaired) electrons. The van der Waals surface area contributed by atoms with E-state index < -0.39 is 0 Å². The molecule has 2 aliphatic heterocycles. The molecule has 1 aromatic carbocycles. The van der Waals surface area contributed by atoms with E-state index in [0.29, 0.717) is 0 Å². The third-order valence-electron chi connectivity index (χ3n) is 6.32. The summed E-state index contributed by atoms with van der Waals surface area (Å²) in [6.45, 7) is 9.80. The highest BCUT2D eigenvalue weighted by Crippen LogP contribution is 2.44. The van der Waals surface area contributed by atoms with Gasteiger partial charge in [-0.15, -0.1) is 0 Å². The van der Waals surface area contributed by atoms with E-state index in [0.717, 1.165) is 45.3 Å². The summed E-state index contributed by atoms with van der Waals surface area (Å²) in [5.74, 6) is 0.379. The monoisotopic (exact) mass is 386 g/mol. The number of rotatable bonds is 4. The van der Waals surface area contributed by atoms with Crippen LogP contribution in [0.4, 0.5) is 0 Å². The predicted molar refractivity (Wildman–Crippen MR) is 110 cm³/mol. The molecule has 2 saturated heterocycles. The second-order valence-electron chi connectivity index (χ2n) is 8.58. The highest BCUT2D eigenvalue weighted by atomic mass is 16.5. The lowest BCUT2D eigenvalue weighted by Crippen LogP contribution is -2.56. The van der Waals surface area contributed by atoms with Crippen LogP contribution in [0.25, 0.3) is 0 Å². The van der Waals surface area contributed by atoms with E-state index in [1.165, 1.54) is 5.56 Å². The summed E-state index contributed by atoms with van der Waals surface area (Å²) in [6, 6.07) is 10.5. The zero-order valence-corrected chi connectivity index (χ0v) is 17.7. The van der Waals surface area contributed by atoms with Crippen LogP contribution in [-0.4, -0.2) is 52.9 Å². The predicted octanol–water partition coefficient (Wildman–Crippen LogP) is 3.79. The van der Waals surface area contributed by atoms with Crippen LogP contribution in [0.3, 0.4) is 0 Å². The van der Waals surface area contributed by atoms with E-state index >= 15 is 0 Å². The van der Waals surface area contributed by atoms with Crippen molar-refractivity contribution in [2.75, 3.05) is 19.6 Å². The molecule has 2 aliphatic rings. The molecule has 154 valence electrons. The Morgan fingerprint density at radius 2 is 1.86 bits per heavy atom. The number of piperidine rings is 1. The molecule has 3 rings (SSSR count). The Balaban J connectivity index is 1.82. The Kier molecular flexibility index (Phi) is 6.43.